The van der Waals surface area contributed by atoms with Gasteiger partial charge in [-0.05, 0) is 34.4 Å². The normalized spacial score (nSPS) is 12.3. The first kappa shape index (κ1) is 20.0. The van der Waals surface area contributed by atoms with Crippen LogP contribution in [0, 0.1) is 10.1 Å². The Bertz CT molecular complexity index is 901. The van der Waals surface area contributed by atoms with Gasteiger partial charge in [-0.25, -0.2) is 8.42 Å². The van der Waals surface area contributed by atoms with Gasteiger partial charge in [0.05, 0.1) is 4.90 Å². The van der Waals surface area contributed by atoms with Gasteiger partial charge in [0.25, 0.3) is 11.1 Å². The largest absolute Gasteiger partial charge is 0.458 e. The van der Waals surface area contributed by atoms with E-state index in [0.29, 0.717) is 11.1 Å². The summed E-state index contributed by atoms with van der Waals surface area (Å²) in [7, 11) is -4.13. The molecule has 0 N–H and O–H groups in total. The van der Waals surface area contributed by atoms with E-state index >= 15 is 0 Å². The topological polar surface area (TPSA) is 117 Å². The summed E-state index contributed by atoms with van der Waals surface area (Å²) < 4.78 is 26.4. The fraction of sp³-hybridized carbons (Fsp3) is 0.529. The van der Waals surface area contributed by atoms with Crippen LogP contribution in [0.2, 0.25) is 0 Å². The van der Waals surface area contributed by atoms with Crippen LogP contribution < -0.4 is 4.98 Å². The lowest BCUT2D eigenvalue weighted by molar-refractivity contribution is -0.394. The van der Waals surface area contributed by atoms with Crippen LogP contribution in [-0.2, 0) is 9.84 Å². The lowest BCUT2D eigenvalue weighted by atomic mass is 9.89. The summed E-state index contributed by atoms with van der Waals surface area (Å²) in [5.41, 5.74) is 2.36. The van der Waals surface area contributed by atoms with Gasteiger partial charge in [-0.15, -0.1) is 10.2 Å². The third kappa shape index (κ3) is 3.62. The van der Waals surface area contributed by atoms with E-state index in [9.17, 15) is 18.5 Å². The standard InChI is InChI=1S/C17H23N4O4S/c1-9(2)12-7-13(10(3)4)15(14(8-12)11(5)6)26(24,25)17-18-16(19-20-17)21(22)23/h7-11H,1-6H3/q-1. The van der Waals surface area contributed by atoms with Crippen LogP contribution in [-0.4, -0.2) is 23.5 Å². The van der Waals surface area contributed by atoms with Gasteiger partial charge in [0.1, 0.15) is 0 Å². The first-order valence-corrected chi connectivity index (χ1v) is 9.89. The van der Waals surface area contributed by atoms with Crippen molar-refractivity contribution in [1.82, 2.24) is 15.2 Å². The summed E-state index contributed by atoms with van der Waals surface area (Å²) >= 11 is 0. The molecule has 0 radical (unpaired) electrons. The second-order valence-electron chi connectivity index (χ2n) is 7.15. The third-order valence-corrected chi connectivity index (χ3v) is 5.83. The summed E-state index contributed by atoms with van der Waals surface area (Å²) in [5.74, 6) is -0.706. The number of rotatable bonds is 6. The highest BCUT2D eigenvalue weighted by atomic mass is 32.2. The van der Waals surface area contributed by atoms with Crippen molar-refractivity contribution < 1.29 is 13.3 Å². The Hall–Kier alpha value is -2.29. The number of hydrogen-bond acceptors (Lipinski definition) is 6. The first-order chi connectivity index (χ1) is 12.0. The Balaban J connectivity index is 2.82. The molecule has 142 valence electrons. The van der Waals surface area contributed by atoms with E-state index in [-0.39, 0.29) is 22.6 Å². The molecule has 2 aromatic rings. The fourth-order valence-corrected chi connectivity index (χ4v) is 4.44. The van der Waals surface area contributed by atoms with Gasteiger partial charge in [0.15, 0.2) is 0 Å². The SMILES string of the molecule is CC(C)c1cc(C(C)C)c(S(=O)(=O)c2nnc([N+](=O)[O-])[n-]2)c(C(C)C)c1. The zero-order valence-corrected chi connectivity index (χ0v) is 16.5. The molecule has 26 heavy (non-hydrogen) atoms. The molecule has 9 heteroatoms. The highest BCUT2D eigenvalue weighted by molar-refractivity contribution is 7.91. The van der Waals surface area contributed by atoms with E-state index in [4.69, 9.17) is 0 Å². The van der Waals surface area contributed by atoms with Gasteiger partial charge in [-0.3, -0.25) is 0 Å². The zero-order valence-electron chi connectivity index (χ0n) is 15.7. The molecule has 0 aliphatic carbocycles. The Labute approximate surface area is 153 Å². The molecule has 0 aliphatic rings. The molecule has 1 heterocycles. The predicted octanol–water partition coefficient (Wildman–Crippen LogP) is 3.55. The van der Waals surface area contributed by atoms with Crippen molar-refractivity contribution in [3.05, 3.63) is 38.9 Å². The zero-order chi connectivity index (χ0) is 19.8. The Kier molecular flexibility index (Phi) is 5.50. The molecule has 1 aromatic heterocycles. The summed E-state index contributed by atoms with van der Waals surface area (Å²) in [6.45, 7) is 11.7. The maximum absolute atomic E-state index is 13.2. The van der Waals surface area contributed by atoms with Crippen molar-refractivity contribution >= 4 is 15.8 Å². The van der Waals surface area contributed by atoms with Crippen LogP contribution in [0.15, 0.2) is 22.2 Å². The van der Waals surface area contributed by atoms with E-state index in [1.807, 2.05) is 53.7 Å². The maximum Gasteiger partial charge on any atom is 0.277 e. The van der Waals surface area contributed by atoms with Crippen LogP contribution in [0.1, 0.15) is 76.0 Å². The van der Waals surface area contributed by atoms with E-state index in [1.165, 1.54) is 0 Å². The molecule has 0 unspecified atom stereocenters. The quantitative estimate of drug-likeness (QED) is 0.556. The number of nitro groups is 1. The van der Waals surface area contributed by atoms with Crippen molar-refractivity contribution in [2.24, 2.45) is 0 Å². The number of benzene rings is 1. The van der Waals surface area contributed by atoms with Crippen LogP contribution in [0.5, 0.6) is 0 Å². The molecule has 8 nitrogen and oxygen atoms in total. The molecule has 0 saturated heterocycles. The average Bonchev–Trinajstić information content (AvgIpc) is 3.04. The fourth-order valence-electron chi connectivity index (χ4n) is 2.70. The smallest absolute Gasteiger partial charge is 0.277 e. The third-order valence-electron chi connectivity index (χ3n) is 4.17. The van der Waals surface area contributed by atoms with Crippen molar-refractivity contribution in [3.8, 4) is 0 Å². The van der Waals surface area contributed by atoms with Gasteiger partial charge in [0.2, 0.25) is 9.84 Å². The highest BCUT2D eigenvalue weighted by Gasteiger charge is 2.32. The number of nitrogens with zero attached hydrogens (tertiary/aromatic N) is 4. The molecule has 0 fully saturated rings. The van der Waals surface area contributed by atoms with E-state index < -0.39 is 25.9 Å². The van der Waals surface area contributed by atoms with Crippen LogP contribution in [0.3, 0.4) is 0 Å². The summed E-state index contributed by atoms with van der Waals surface area (Å²) in [6, 6.07) is 3.78. The second-order valence-corrected chi connectivity index (χ2v) is 8.93. The maximum atomic E-state index is 13.2. The number of hydrogen-bond donors (Lipinski definition) is 0. The lowest BCUT2D eigenvalue weighted by Crippen LogP contribution is -2.14. The summed E-state index contributed by atoms with van der Waals surface area (Å²) in [4.78, 5) is 13.6. The molecule has 0 atom stereocenters. The molecular weight excluding hydrogens is 356 g/mol. The van der Waals surface area contributed by atoms with E-state index in [0.717, 1.165) is 5.56 Å². The lowest BCUT2D eigenvalue weighted by Gasteiger charge is -2.21. The first-order valence-electron chi connectivity index (χ1n) is 8.41. The molecule has 1 aromatic carbocycles. The van der Waals surface area contributed by atoms with Crippen LogP contribution in [0.4, 0.5) is 5.95 Å². The number of aromatic nitrogens is 3. The van der Waals surface area contributed by atoms with Crippen LogP contribution >= 0.6 is 0 Å². The molecule has 0 bridgehead atoms. The molecule has 0 aliphatic heterocycles. The average molecular weight is 379 g/mol. The van der Waals surface area contributed by atoms with E-state index in [2.05, 4.69) is 15.2 Å². The van der Waals surface area contributed by atoms with Gasteiger partial charge in [0, 0.05) is 0 Å². The molecular formula is C17H23N4O4S-. The highest BCUT2D eigenvalue weighted by Crippen LogP contribution is 2.37. The van der Waals surface area contributed by atoms with Crippen molar-refractivity contribution in [2.75, 3.05) is 0 Å². The van der Waals surface area contributed by atoms with Gasteiger partial charge >= 0.3 is 0 Å². The minimum Gasteiger partial charge on any atom is -0.458 e. The van der Waals surface area contributed by atoms with Gasteiger partial charge < -0.3 is 10.1 Å². The monoisotopic (exact) mass is 379 g/mol. The molecule has 0 amide bonds. The van der Waals surface area contributed by atoms with Gasteiger partial charge in [-0.1, -0.05) is 53.7 Å². The second kappa shape index (κ2) is 7.14. The summed E-state index contributed by atoms with van der Waals surface area (Å²) in [5, 5.41) is 16.9. The Morgan fingerprint density at radius 1 is 0.962 bits per heavy atom. The molecule has 0 spiro atoms. The van der Waals surface area contributed by atoms with Crippen molar-refractivity contribution in [3.63, 3.8) is 0 Å². The van der Waals surface area contributed by atoms with E-state index in [1.54, 1.807) is 0 Å². The van der Waals surface area contributed by atoms with Crippen molar-refractivity contribution in [2.45, 2.75) is 69.3 Å². The Morgan fingerprint density at radius 2 is 1.46 bits per heavy atom. The minimum atomic E-state index is -4.13. The number of sulfone groups is 1. The van der Waals surface area contributed by atoms with Gasteiger partial charge in [-0.2, -0.15) is 9.91 Å². The van der Waals surface area contributed by atoms with Crippen molar-refractivity contribution in [1.29, 1.82) is 0 Å². The minimum absolute atomic E-state index is 0.0612. The molecule has 0 saturated carbocycles. The summed E-state index contributed by atoms with van der Waals surface area (Å²) in [6.07, 6.45) is 0. The molecule has 2 rings (SSSR count). The predicted molar refractivity (Wildman–Crippen MR) is 96.2 cm³/mol. The Morgan fingerprint density at radius 3 is 1.81 bits per heavy atom. The van der Waals surface area contributed by atoms with Crippen LogP contribution in [0.25, 0.3) is 0 Å².